The summed E-state index contributed by atoms with van der Waals surface area (Å²) in [6.45, 7) is 1.79. The molecule has 2 bridgehead atoms. The zero-order valence-electron chi connectivity index (χ0n) is 15.5. The van der Waals surface area contributed by atoms with Gasteiger partial charge in [0.1, 0.15) is 11.9 Å². The molecule has 9 heteroatoms. The van der Waals surface area contributed by atoms with Gasteiger partial charge in [0.25, 0.3) is 0 Å². The predicted octanol–water partition coefficient (Wildman–Crippen LogP) is 1.80. The summed E-state index contributed by atoms with van der Waals surface area (Å²) >= 11 is 0. The summed E-state index contributed by atoms with van der Waals surface area (Å²) in [4.78, 5) is 0. The van der Waals surface area contributed by atoms with E-state index in [1.807, 2.05) is 18.2 Å². The quantitative estimate of drug-likeness (QED) is 0.706. The molecule has 0 amide bonds. The number of hydrogen-bond acceptors (Lipinski definition) is 8. The van der Waals surface area contributed by atoms with E-state index >= 15 is 0 Å². The summed E-state index contributed by atoms with van der Waals surface area (Å²) < 4.78 is 7.59. The Hall–Kier alpha value is -3.07. The Morgan fingerprint density at radius 3 is 2.54 bits per heavy atom. The Balaban J connectivity index is 1.32. The Morgan fingerprint density at radius 1 is 1.07 bits per heavy atom. The van der Waals surface area contributed by atoms with Crippen molar-refractivity contribution in [1.29, 1.82) is 0 Å². The van der Waals surface area contributed by atoms with E-state index in [9.17, 15) is 5.11 Å². The molecule has 2 aliphatic heterocycles. The number of rotatable bonds is 4. The molecule has 5 rings (SSSR count). The number of phenolic OH excluding ortho intramolecular Hbond substituents is 1. The number of tetrazole rings is 1. The summed E-state index contributed by atoms with van der Waals surface area (Å²) in [6, 6.07) is 9.97. The maximum Gasteiger partial charge on any atom is 0.233 e. The van der Waals surface area contributed by atoms with Crippen molar-refractivity contribution in [1.82, 2.24) is 35.7 Å². The van der Waals surface area contributed by atoms with E-state index in [0.29, 0.717) is 40.7 Å². The van der Waals surface area contributed by atoms with Crippen LogP contribution in [0.1, 0.15) is 31.5 Å². The van der Waals surface area contributed by atoms with Crippen molar-refractivity contribution >= 4 is 0 Å². The first-order valence-electron chi connectivity index (χ1n) is 9.51. The molecule has 2 saturated heterocycles. The van der Waals surface area contributed by atoms with E-state index in [2.05, 4.69) is 31.0 Å². The molecule has 9 nitrogen and oxygen atoms in total. The molecular formula is C19H21N7O2. The highest BCUT2D eigenvalue weighted by Gasteiger charge is 2.34. The lowest BCUT2D eigenvalue weighted by Crippen LogP contribution is -2.42. The highest BCUT2D eigenvalue weighted by atomic mass is 16.5. The zero-order chi connectivity index (χ0) is 19.1. The smallest absolute Gasteiger partial charge is 0.233 e. The van der Waals surface area contributed by atoms with Crippen LogP contribution in [0.5, 0.6) is 11.6 Å². The Labute approximate surface area is 161 Å². The van der Waals surface area contributed by atoms with Crippen LogP contribution in [-0.4, -0.2) is 53.7 Å². The number of phenols is 1. The molecule has 0 radical (unpaired) electrons. The number of aromatic nitrogens is 6. The Morgan fingerprint density at radius 2 is 1.89 bits per heavy atom. The van der Waals surface area contributed by atoms with Gasteiger partial charge in [-0.05, 0) is 61.2 Å². The van der Waals surface area contributed by atoms with E-state index in [4.69, 9.17) is 4.74 Å². The summed E-state index contributed by atoms with van der Waals surface area (Å²) in [6.07, 6.45) is 4.67. The van der Waals surface area contributed by atoms with Crippen molar-refractivity contribution in [2.24, 2.45) is 0 Å². The highest BCUT2D eigenvalue weighted by molar-refractivity contribution is 5.68. The van der Waals surface area contributed by atoms with Gasteiger partial charge >= 0.3 is 0 Å². The monoisotopic (exact) mass is 379 g/mol. The SMILES string of the molecule is Cc1nnnn1-c1ccc(-c2ccc(O[C@H]3C[C@H]4CC[C@@H](C3)N4)nn2)c(O)c1. The number of hydrogen-bond donors (Lipinski definition) is 2. The van der Waals surface area contributed by atoms with E-state index in [1.54, 1.807) is 23.7 Å². The third kappa shape index (κ3) is 3.18. The Bertz CT molecular complexity index is 976. The molecule has 3 aromatic rings. The molecule has 3 atom stereocenters. The summed E-state index contributed by atoms with van der Waals surface area (Å²) in [7, 11) is 0. The first-order chi connectivity index (χ1) is 13.7. The zero-order valence-corrected chi connectivity index (χ0v) is 15.5. The van der Waals surface area contributed by atoms with Crippen molar-refractivity contribution in [3.05, 3.63) is 36.2 Å². The van der Waals surface area contributed by atoms with Crippen molar-refractivity contribution in [3.63, 3.8) is 0 Å². The van der Waals surface area contributed by atoms with Crippen molar-refractivity contribution in [2.45, 2.75) is 50.8 Å². The van der Waals surface area contributed by atoms with Crippen molar-refractivity contribution in [2.75, 3.05) is 0 Å². The number of nitrogens with zero attached hydrogens (tertiary/aromatic N) is 6. The van der Waals surface area contributed by atoms with Crippen LogP contribution in [0.25, 0.3) is 16.9 Å². The molecular weight excluding hydrogens is 358 g/mol. The molecule has 2 fully saturated rings. The van der Waals surface area contributed by atoms with Crippen LogP contribution in [0, 0.1) is 6.92 Å². The minimum absolute atomic E-state index is 0.0882. The van der Waals surface area contributed by atoms with Crippen LogP contribution in [0.2, 0.25) is 0 Å². The van der Waals surface area contributed by atoms with E-state index in [-0.39, 0.29) is 11.9 Å². The van der Waals surface area contributed by atoms with Gasteiger partial charge < -0.3 is 15.2 Å². The molecule has 2 aliphatic rings. The largest absolute Gasteiger partial charge is 0.507 e. The molecule has 144 valence electrons. The van der Waals surface area contributed by atoms with E-state index < -0.39 is 0 Å². The number of piperidine rings is 1. The lowest BCUT2D eigenvalue weighted by molar-refractivity contribution is 0.130. The van der Waals surface area contributed by atoms with Gasteiger partial charge in [0.2, 0.25) is 5.88 Å². The molecule has 2 aromatic heterocycles. The second kappa shape index (κ2) is 6.83. The Kier molecular flexibility index (Phi) is 4.16. The molecule has 0 spiro atoms. The average molecular weight is 379 g/mol. The molecule has 0 unspecified atom stereocenters. The lowest BCUT2D eigenvalue weighted by atomic mass is 10.0. The summed E-state index contributed by atoms with van der Waals surface area (Å²) in [5.41, 5.74) is 1.85. The van der Waals surface area contributed by atoms with Crippen molar-refractivity contribution < 1.29 is 9.84 Å². The highest BCUT2D eigenvalue weighted by Crippen LogP contribution is 2.31. The van der Waals surface area contributed by atoms with Crippen LogP contribution in [-0.2, 0) is 0 Å². The molecule has 1 aromatic carbocycles. The van der Waals surface area contributed by atoms with Crippen molar-refractivity contribution in [3.8, 4) is 28.6 Å². The van der Waals surface area contributed by atoms with Gasteiger partial charge in [-0.15, -0.1) is 15.3 Å². The normalized spacial score (nSPS) is 23.7. The van der Waals surface area contributed by atoms with Gasteiger partial charge in [0.05, 0.1) is 11.4 Å². The first kappa shape index (κ1) is 17.1. The minimum Gasteiger partial charge on any atom is -0.507 e. The van der Waals surface area contributed by atoms with Crippen LogP contribution in [0.4, 0.5) is 0 Å². The number of aromatic hydroxyl groups is 1. The van der Waals surface area contributed by atoms with Gasteiger partial charge in [-0.25, -0.2) is 0 Å². The molecule has 0 aliphatic carbocycles. The minimum atomic E-state index is 0.0882. The fourth-order valence-corrected chi connectivity index (χ4v) is 4.14. The van der Waals surface area contributed by atoms with Gasteiger partial charge in [-0.3, -0.25) is 0 Å². The van der Waals surface area contributed by atoms with Gasteiger partial charge in [-0.2, -0.15) is 4.68 Å². The fourth-order valence-electron chi connectivity index (χ4n) is 4.14. The second-order valence-corrected chi connectivity index (χ2v) is 7.45. The summed E-state index contributed by atoms with van der Waals surface area (Å²) in [5.74, 6) is 1.25. The van der Waals surface area contributed by atoms with Crippen LogP contribution in [0.3, 0.4) is 0 Å². The standard InChI is InChI=1S/C19H21N7O2/c1-11-21-24-25-26(11)14-4-5-16(18(27)10-14)17-6-7-19(23-22-17)28-15-8-12-2-3-13(9-15)20-12/h4-7,10,12-13,15,20,27H,2-3,8-9H2,1H3/t12-,13+,15+. The van der Waals surface area contributed by atoms with E-state index in [1.165, 1.54) is 12.8 Å². The maximum absolute atomic E-state index is 10.4. The number of nitrogens with one attached hydrogen (secondary N) is 1. The second-order valence-electron chi connectivity index (χ2n) is 7.45. The number of fused-ring (bicyclic) bond motifs is 2. The third-order valence-electron chi connectivity index (χ3n) is 5.48. The predicted molar refractivity (Wildman–Crippen MR) is 100 cm³/mol. The van der Waals surface area contributed by atoms with Gasteiger partial charge in [-0.1, -0.05) is 0 Å². The van der Waals surface area contributed by atoms with Gasteiger partial charge in [0, 0.05) is 29.8 Å². The average Bonchev–Trinajstić information content (AvgIpc) is 3.27. The fraction of sp³-hybridized carbons (Fsp3) is 0.421. The first-order valence-corrected chi connectivity index (χ1v) is 9.51. The topological polar surface area (TPSA) is 111 Å². The van der Waals surface area contributed by atoms with Gasteiger partial charge in [0.15, 0.2) is 5.82 Å². The molecule has 28 heavy (non-hydrogen) atoms. The number of benzene rings is 1. The third-order valence-corrected chi connectivity index (χ3v) is 5.48. The van der Waals surface area contributed by atoms with Crippen LogP contribution < -0.4 is 10.1 Å². The molecule has 0 saturated carbocycles. The van der Waals surface area contributed by atoms with E-state index in [0.717, 1.165) is 12.8 Å². The number of aryl methyl sites for hydroxylation is 1. The van der Waals surface area contributed by atoms with Crippen LogP contribution in [0.15, 0.2) is 30.3 Å². The maximum atomic E-state index is 10.4. The molecule has 2 N–H and O–H groups in total. The summed E-state index contributed by atoms with van der Waals surface area (Å²) in [5, 5.41) is 33.9. The lowest BCUT2D eigenvalue weighted by Gasteiger charge is -2.28. The van der Waals surface area contributed by atoms with Crippen LogP contribution >= 0.6 is 0 Å². The number of ether oxygens (including phenoxy) is 1. The molecule has 4 heterocycles.